The van der Waals surface area contributed by atoms with Crippen LogP contribution in [0.1, 0.15) is 12.5 Å². The number of benzene rings is 1. The number of carbonyl (C=O) groups is 1. The third-order valence-electron chi connectivity index (χ3n) is 2.12. The van der Waals surface area contributed by atoms with Crippen LogP contribution in [0.3, 0.4) is 0 Å². The molecule has 0 bridgehead atoms. The van der Waals surface area contributed by atoms with E-state index in [1.54, 1.807) is 25.3 Å². The predicted octanol–water partition coefficient (Wildman–Crippen LogP) is 1.15. The smallest absolute Gasteiger partial charge is 0.212 e. The topological polar surface area (TPSA) is 69.2 Å². The molecule has 6 nitrogen and oxygen atoms in total. The maximum atomic E-state index is 10.5. The number of nitrogens with one attached hydrogen (secondary N) is 1. The normalized spacial score (nSPS) is 10.7. The third-order valence-corrected chi connectivity index (χ3v) is 2.12. The molecule has 1 amide bonds. The molecule has 6 heteroatoms. The van der Waals surface area contributed by atoms with Crippen molar-refractivity contribution in [2.75, 3.05) is 20.8 Å². The highest BCUT2D eigenvalue weighted by molar-refractivity contribution is 6.03. The first-order valence-corrected chi connectivity index (χ1v) is 5.39. The Morgan fingerprint density at radius 1 is 1.39 bits per heavy atom. The summed E-state index contributed by atoms with van der Waals surface area (Å²) in [6.45, 7) is 2.43. The highest BCUT2D eigenvalue weighted by Gasteiger charge is 2.09. The summed E-state index contributed by atoms with van der Waals surface area (Å²) in [5.41, 5.74) is 0.657. The van der Waals surface area contributed by atoms with Gasteiger partial charge in [0, 0.05) is 5.56 Å². The monoisotopic (exact) mass is 252 g/mol. The second-order valence-corrected chi connectivity index (χ2v) is 3.18. The molecular weight excluding hydrogens is 236 g/mol. The summed E-state index contributed by atoms with van der Waals surface area (Å²) in [5, 5.41) is 6.16. The van der Waals surface area contributed by atoms with Crippen LogP contribution in [0.2, 0.25) is 0 Å². The number of hydrogen-bond donors (Lipinski definition) is 1. The molecule has 18 heavy (non-hydrogen) atoms. The number of oxime groups is 1. The van der Waals surface area contributed by atoms with Gasteiger partial charge in [-0.05, 0) is 25.1 Å². The molecule has 0 aromatic heterocycles. The largest absolute Gasteiger partial charge is 0.493 e. The van der Waals surface area contributed by atoms with Crippen molar-refractivity contribution >= 4 is 12.2 Å². The van der Waals surface area contributed by atoms with Crippen LogP contribution in [0.4, 0.5) is 0 Å². The van der Waals surface area contributed by atoms with Crippen molar-refractivity contribution in [3.05, 3.63) is 23.8 Å². The molecule has 0 aliphatic heterocycles. The molecule has 0 aliphatic carbocycles. The molecule has 0 saturated carbocycles. The third kappa shape index (κ3) is 3.38. The molecule has 0 heterocycles. The van der Waals surface area contributed by atoms with Crippen LogP contribution in [0.5, 0.6) is 11.5 Å². The van der Waals surface area contributed by atoms with Crippen molar-refractivity contribution in [1.29, 1.82) is 0 Å². The van der Waals surface area contributed by atoms with Gasteiger partial charge in [0.1, 0.15) is 7.11 Å². The van der Waals surface area contributed by atoms with Gasteiger partial charge in [0.05, 0.1) is 13.7 Å². The van der Waals surface area contributed by atoms with Gasteiger partial charge in [-0.1, -0.05) is 5.16 Å². The Balaban J connectivity index is 3.09. The molecule has 1 N–H and O–H groups in total. The maximum Gasteiger partial charge on any atom is 0.212 e. The van der Waals surface area contributed by atoms with Crippen LogP contribution in [0, 0.1) is 0 Å². The summed E-state index contributed by atoms with van der Waals surface area (Å²) in [6, 6.07) is 5.20. The number of ether oxygens (including phenoxy) is 2. The van der Waals surface area contributed by atoms with E-state index in [9.17, 15) is 4.79 Å². The van der Waals surface area contributed by atoms with Crippen LogP contribution in [-0.2, 0) is 9.63 Å². The second kappa shape index (κ2) is 7.16. The Morgan fingerprint density at radius 3 is 2.72 bits per heavy atom. The Bertz CT molecular complexity index is 432. The summed E-state index contributed by atoms with van der Waals surface area (Å²) in [7, 11) is 2.94. The van der Waals surface area contributed by atoms with Crippen LogP contribution < -0.4 is 14.8 Å². The van der Waals surface area contributed by atoms with E-state index in [0.717, 1.165) is 0 Å². The lowest BCUT2D eigenvalue weighted by molar-refractivity contribution is -0.108. The summed E-state index contributed by atoms with van der Waals surface area (Å²) in [5.74, 6) is 1.49. The Morgan fingerprint density at radius 2 is 2.17 bits per heavy atom. The first kappa shape index (κ1) is 13.8. The van der Waals surface area contributed by atoms with Gasteiger partial charge in [0.15, 0.2) is 17.3 Å². The van der Waals surface area contributed by atoms with E-state index >= 15 is 0 Å². The van der Waals surface area contributed by atoms with Gasteiger partial charge in [0.25, 0.3) is 0 Å². The average molecular weight is 252 g/mol. The Labute approximate surface area is 106 Å². The number of hydrogen-bond acceptors (Lipinski definition) is 5. The number of carbonyl (C=O) groups excluding carboxylic acids is 1. The molecule has 0 aliphatic rings. The maximum absolute atomic E-state index is 10.5. The van der Waals surface area contributed by atoms with E-state index in [1.807, 2.05) is 6.92 Å². The highest BCUT2D eigenvalue weighted by Crippen LogP contribution is 2.28. The molecule has 0 spiro atoms. The van der Waals surface area contributed by atoms with Gasteiger partial charge in [-0.3, -0.25) is 4.79 Å². The fourth-order valence-corrected chi connectivity index (χ4v) is 1.40. The van der Waals surface area contributed by atoms with Crippen molar-refractivity contribution in [2.24, 2.45) is 5.16 Å². The molecule has 1 aromatic rings. The van der Waals surface area contributed by atoms with Gasteiger partial charge in [-0.25, -0.2) is 0 Å². The van der Waals surface area contributed by atoms with Gasteiger partial charge >= 0.3 is 0 Å². The van der Waals surface area contributed by atoms with Crippen LogP contribution in [0.25, 0.3) is 0 Å². The van der Waals surface area contributed by atoms with Crippen molar-refractivity contribution in [1.82, 2.24) is 5.32 Å². The number of methoxy groups -OCH3 is 1. The van der Waals surface area contributed by atoms with Gasteiger partial charge < -0.3 is 19.6 Å². The Hall–Kier alpha value is -2.24. The molecule has 98 valence electrons. The van der Waals surface area contributed by atoms with E-state index < -0.39 is 0 Å². The molecule has 0 atom stereocenters. The van der Waals surface area contributed by atoms with E-state index in [2.05, 4.69) is 15.3 Å². The zero-order valence-corrected chi connectivity index (χ0v) is 10.6. The molecule has 1 aromatic carbocycles. The zero-order chi connectivity index (χ0) is 13.4. The van der Waals surface area contributed by atoms with Gasteiger partial charge in [-0.2, -0.15) is 0 Å². The molecule has 1 rings (SSSR count). The minimum absolute atomic E-state index is 0.300. The summed E-state index contributed by atoms with van der Waals surface area (Å²) >= 11 is 0. The predicted molar refractivity (Wildman–Crippen MR) is 66.9 cm³/mol. The Kier molecular flexibility index (Phi) is 5.50. The van der Waals surface area contributed by atoms with Crippen LogP contribution >= 0.6 is 0 Å². The highest BCUT2D eigenvalue weighted by atomic mass is 16.6. The minimum atomic E-state index is 0.300. The minimum Gasteiger partial charge on any atom is -0.493 e. The van der Waals surface area contributed by atoms with Gasteiger partial charge in [-0.15, -0.1) is 0 Å². The molecule has 0 fully saturated rings. The van der Waals surface area contributed by atoms with Crippen LogP contribution in [0.15, 0.2) is 23.4 Å². The van der Waals surface area contributed by atoms with Gasteiger partial charge in [0.2, 0.25) is 6.41 Å². The second-order valence-electron chi connectivity index (χ2n) is 3.18. The van der Waals surface area contributed by atoms with Crippen LogP contribution in [-0.4, -0.2) is 33.1 Å². The SMILES string of the molecule is CCOc1ccc(/C(=N/OC)NC=O)cc1OC. The summed E-state index contributed by atoms with van der Waals surface area (Å²) < 4.78 is 10.6. The fraction of sp³-hybridized carbons (Fsp3) is 0.333. The van der Waals surface area contributed by atoms with Crippen molar-refractivity contribution < 1.29 is 19.1 Å². The van der Waals surface area contributed by atoms with Crippen molar-refractivity contribution in [3.63, 3.8) is 0 Å². The number of nitrogens with zero attached hydrogens (tertiary/aromatic N) is 1. The first-order valence-electron chi connectivity index (χ1n) is 5.39. The quantitative estimate of drug-likeness (QED) is 0.357. The summed E-state index contributed by atoms with van der Waals surface area (Å²) in [6.07, 6.45) is 0.529. The number of amides is 1. The fourth-order valence-electron chi connectivity index (χ4n) is 1.40. The lowest BCUT2D eigenvalue weighted by Gasteiger charge is -2.11. The van der Waals surface area contributed by atoms with E-state index in [0.29, 0.717) is 35.9 Å². The molecule has 0 radical (unpaired) electrons. The van der Waals surface area contributed by atoms with E-state index in [4.69, 9.17) is 9.47 Å². The van der Waals surface area contributed by atoms with Crippen molar-refractivity contribution in [3.8, 4) is 11.5 Å². The zero-order valence-electron chi connectivity index (χ0n) is 10.6. The standard InChI is InChI=1S/C12H16N2O4/c1-4-18-10-6-5-9(7-11(10)16-2)12(13-8-15)14-17-3/h5-8H,4H2,1-3H3,(H,13,14,15). The average Bonchev–Trinajstić information content (AvgIpc) is 2.39. The molecule has 0 saturated heterocycles. The van der Waals surface area contributed by atoms with Crippen molar-refractivity contribution in [2.45, 2.75) is 6.92 Å². The number of amidine groups is 1. The summed E-state index contributed by atoms with van der Waals surface area (Å²) in [4.78, 5) is 15.1. The lowest BCUT2D eigenvalue weighted by Crippen LogP contribution is -2.23. The first-order chi connectivity index (χ1) is 8.76. The van der Waals surface area contributed by atoms with E-state index in [1.165, 1.54) is 7.11 Å². The number of rotatable bonds is 6. The molecular formula is C12H16N2O4. The lowest BCUT2D eigenvalue weighted by atomic mass is 10.2. The van der Waals surface area contributed by atoms with E-state index in [-0.39, 0.29) is 0 Å². The molecule has 0 unspecified atom stereocenters.